The van der Waals surface area contributed by atoms with Crippen LogP contribution in [0, 0.1) is 0 Å². The molecule has 4 nitrogen and oxygen atoms in total. The van der Waals surface area contributed by atoms with Crippen molar-refractivity contribution in [2.24, 2.45) is 0 Å². The van der Waals surface area contributed by atoms with E-state index in [0.717, 1.165) is 0 Å². The number of alkyl halides is 3. The molecule has 0 unspecified atom stereocenters. The molecule has 1 aromatic rings. The Bertz CT molecular complexity index is 565. The van der Waals surface area contributed by atoms with Gasteiger partial charge >= 0.3 is 6.18 Å². The van der Waals surface area contributed by atoms with Gasteiger partial charge in [-0.15, -0.1) is 0 Å². The SMILES string of the molecule is CC(=O)c1ccc(NS(=O)(=O)CCCC(F)(F)F)cc1. The van der Waals surface area contributed by atoms with Crippen LogP contribution in [0.15, 0.2) is 24.3 Å². The molecular formula is C12H14F3NO3S. The van der Waals surface area contributed by atoms with E-state index in [1.54, 1.807) is 0 Å². The molecule has 0 saturated carbocycles. The largest absolute Gasteiger partial charge is 0.389 e. The van der Waals surface area contributed by atoms with Crippen molar-refractivity contribution in [1.29, 1.82) is 0 Å². The van der Waals surface area contributed by atoms with Gasteiger partial charge in [0.15, 0.2) is 5.78 Å². The molecule has 0 radical (unpaired) electrons. The number of sulfonamides is 1. The molecule has 0 aliphatic rings. The minimum atomic E-state index is -4.36. The van der Waals surface area contributed by atoms with Crippen molar-refractivity contribution in [2.75, 3.05) is 10.5 Å². The monoisotopic (exact) mass is 309 g/mol. The van der Waals surface area contributed by atoms with Crippen molar-refractivity contribution in [3.05, 3.63) is 29.8 Å². The summed E-state index contributed by atoms with van der Waals surface area (Å²) in [7, 11) is -3.83. The number of nitrogens with one attached hydrogen (secondary N) is 1. The lowest BCUT2D eigenvalue weighted by molar-refractivity contribution is -0.134. The van der Waals surface area contributed by atoms with E-state index in [4.69, 9.17) is 0 Å². The molecule has 8 heteroatoms. The third-order valence-electron chi connectivity index (χ3n) is 2.44. The number of hydrogen-bond acceptors (Lipinski definition) is 3. The molecule has 1 aromatic carbocycles. The average molecular weight is 309 g/mol. The standard InChI is InChI=1S/C12H14F3NO3S/c1-9(17)10-3-5-11(6-4-10)16-20(18,19)8-2-7-12(13,14)15/h3-6,16H,2,7-8H2,1H3. The van der Waals surface area contributed by atoms with Gasteiger partial charge in [0.1, 0.15) is 0 Å². The maximum Gasteiger partial charge on any atom is 0.389 e. The van der Waals surface area contributed by atoms with Crippen molar-refractivity contribution in [2.45, 2.75) is 25.9 Å². The summed E-state index contributed by atoms with van der Waals surface area (Å²) in [6.45, 7) is 1.37. The molecule has 112 valence electrons. The van der Waals surface area contributed by atoms with Gasteiger partial charge in [0.05, 0.1) is 5.75 Å². The molecule has 20 heavy (non-hydrogen) atoms. The van der Waals surface area contributed by atoms with E-state index in [1.165, 1.54) is 31.2 Å². The number of carbonyl (C=O) groups excluding carboxylic acids is 1. The second kappa shape index (κ2) is 6.25. The summed E-state index contributed by atoms with van der Waals surface area (Å²) in [5, 5.41) is 0. The second-order valence-corrected chi connectivity index (χ2v) is 6.12. The molecule has 0 amide bonds. The molecule has 0 atom stereocenters. The molecule has 0 heterocycles. The summed E-state index contributed by atoms with van der Waals surface area (Å²) >= 11 is 0. The normalized spacial score (nSPS) is 12.2. The molecule has 1 rings (SSSR count). The van der Waals surface area contributed by atoms with Crippen molar-refractivity contribution >= 4 is 21.5 Å². The van der Waals surface area contributed by atoms with Crippen LogP contribution in [0.3, 0.4) is 0 Å². The average Bonchev–Trinajstić information content (AvgIpc) is 2.26. The van der Waals surface area contributed by atoms with E-state index < -0.39 is 34.8 Å². The van der Waals surface area contributed by atoms with Gasteiger partial charge in [-0.25, -0.2) is 8.42 Å². The Morgan fingerprint density at radius 1 is 1.20 bits per heavy atom. The highest BCUT2D eigenvalue weighted by Gasteiger charge is 2.27. The van der Waals surface area contributed by atoms with E-state index in [2.05, 4.69) is 4.72 Å². The summed E-state index contributed by atoms with van der Waals surface area (Å²) in [6.07, 6.45) is -6.00. The lowest BCUT2D eigenvalue weighted by Gasteiger charge is -2.09. The van der Waals surface area contributed by atoms with Gasteiger partial charge in [-0.3, -0.25) is 9.52 Å². The number of halogens is 3. The molecule has 1 N–H and O–H groups in total. The van der Waals surface area contributed by atoms with Gasteiger partial charge in [0.2, 0.25) is 10.0 Å². The number of anilines is 1. The second-order valence-electron chi connectivity index (χ2n) is 4.27. The smallest absolute Gasteiger partial charge is 0.295 e. The van der Waals surface area contributed by atoms with Crippen LogP contribution in [0.1, 0.15) is 30.1 Å². The quantitative estimate of drug-likeness (QED) is 0.822. The Kier molecular flexibility index (Phi) is 5.15. The zero-order valence-electron chi connectivity index (χ0n) is 10.7. The molecule has 0 bridgehead atoms. The minimum Gasteiger partial charge on any atom is -0.295 e. The van der Waals surface area contributed by atoms with Gasteiger partial charge in [-0.1, -0.05) is 0 Å². The molecule has 0 fully saturated rings. The Balaban J connectivity index is 2.60. The van der Waals surface area contributed by atoms with E-state index in [1.807, 2.05) is 0 Å². The summed E-state index contributed by atoms with van der Waals surface area (Å²) in [5.74, 6) is -0.773. The molecule has 0 spiro atoms. The topological polar surface area (TPSA) is 63.2 Å². The Morgan fingerprint density at radius 2 is 1.75 bits per heavy atom. The molecular weight excluding hydrogens is 295 g/mol. The van der Waals surface area contributed by atoms with Crippen LogP contribution >= 0.6 is 0 Å². The van der Waals surface area contributed by atoms with Crippen LogP contribution < -0.4 is 4.72 Å². The van der Waals surface area contributed by atoms with Gasteiger partial charge < -0.3 is 0 Å². The fourth-order valence-electron chi connectivity index (χ4n) is 1.47. The molecule has 0 aromatic heterocycles. The first-order valence-corrected chi connectivity index (χ1v) is 7.42. The summed E-state index contributed by atoms with van der Waals surface area (Å²) in [6, 6.07) is 5.65. The third-order valence-corrected chi connectivity index (χ3v) is 3.81. The summed E-state index contributed by atoms with van der Waals surface area (Å²) in [4.78, 5) is 11.0. The fraction of sp³-hybridized carbons (Fsp3) is 0.417. The van der Waals surface area contributed by atoms with Crippen molar-refractivity contribution < 1.29 is 26.4 Å². The van der Waals surface area contributed by atoms with Crippen LogP contribution in [0.2, 0.25) is 0 Å². The van der Waals surface area contributed by atoms with Crippen LogP contribution in [0.25, 0.3) is 0 Å². The van der Waals surface area contributed by atoms with E-state index in [9.17, 15) is 26.4 Å². The van der Waals surface area contributed by atoms with Crippen LogP contribution in [0.5, 0.6) is 0 Å². The van der Waals surface area contributed by atoms with E-state index in [0.29, 0.717) is 5.56 Å². The van der Waals surface area contributed by atoms with E-state index in [-0.39, 0.29) is 11.5 Å². The fourth-order valence-corrected chi connectivity index (χ4v) is 2.59. The van der Waals surface area contributed by atoms with Crippen molar-refractivity contribution in [1.82, 2.24) is 0 Å². The van der Waals surface area contributed by atoms with Crippen LogP contribution in [-0.2, 0) is 10.0 Å². The highest BCUT2D eigenvalue weighted by atomic mass is 32.2. The number of benzene rings is 1. The zero-order valence-corrected chi connectivity index (χ0v) is 11.5. The molecule has 0 saturated heterocycles. The lowest BCUT2D eigenvalue weighted by Crippen LogP contribution is -2.18. The minimum absolute atomic E-state index is 0.162. The summed E-state index contributed by atoms with van der Waals surface area (Å²) < 4.78 is 61.1. The number of hydrogen-bond donors (Lipinski definition) is 1. The highest BCUT2D eigenvalue weighted by Crippen LogP contribution is 2.22. The Labute approximate surface area is 115 Å². The zero-order chi connectivity index (χ0) is 15.4. The first kappa shape index (κ1) is 16.5. The van der Waals surface area contributed by atoms with Crippen LogP contribution in [0.4, 0.5) is 18.9 Å². The maximum absolute atomic E-state index is 11.9. The van der Waals surface area contributed by atoms with Gasteiger partial charge in [-0.2, -0.15) is 13.2 Å². The maximum atomic E-state index is 11.9. The van der Waals surface area contributed by atoms with Gasteiger partial charge in [-0.05, 0) is 37.6 Å². The van der Waals surface area contributed by atoms with E-state index >= 15 is 0 Å². The molecule has 0 aliphatic carbocycles. The first-order valence-electron chi connectivity index (χ1n) is 5.77. The molecule has 0 aliphatic heterocycles. The van der Waals surface area contributed by atoms with Crippen LogP contribution in [-0.4, -0.2) is 26.1 Å². The summed E-state index contributed by atoms with van der Waals surface area (Å²) in [5.41, 5.74) is 0.632. The predicted octanol–water partition coefficient (Wildman–Crippen LogP) is 2.97. The lowest BCUT2D eigenvalue weighted by atomic mass is 10.1. The van der Waals surface area contributed by atoms with Gasteiger partial charge in [0, 0.05) is 17.7 Å². The first-order chi connectivity index (χ1) is 9.09. The number of rotatable bonds is 6. The van der Waals surface area contributed by atoms with Crippen molar-refractivity contribution in [3.8, 4) is 0 Å². The Hall–Kier alpha value is -1.57. The number of carbonyl (C=O) groups is 1. The number of ketones is 1. The Morgan fingerprint density at radius 3 is 2.20 bits per heavy atom. The van der Waals surface area contributed by atoms with Gasteiger partial charge in [0.25, 0.3) is 0 Å². The third kappa shape index (κ3) is 6.05. The predicted molar refractivity (Wildman–Crippen MR) is 69.1 cm³/mol. The van der Waals surface area contributed by atoms with Crippen molar-refractivity contribution in [3.63, 3.8) is 0 Å². The highest BCUT2D eigenvalue weighted by molar-refractivity contribution is 7.92. The number of Topliss-reactive ketones (excluding diaryl/α,β-unsaturated/α-hetero) is 1.